The van der Waals surface area contributed by atoms with Gasteiger partial charge in [-0.15, -0.1) is 0 Å². The number of H-pyrrole nitrogens is 1. The molecule has 0 aliphatic heterocycles. The zero-order valence-corrected chi connectivity index (χ0v) is 13.4. The molecule has 1 aromatic carbocycles. The first-order valence-electron chi connectivity index (χ1n) is 7.55. The molecule has 0 unspecified atom stereocenters. The molecule has 2 aromatic rings. The summed E-state index contributed by atoms with van der Waals surface area (Å²) >= 11 is 0. The van der Waals surface area contributed by atoms with Gasteiger partial charge < -0.3 is 10.4 Å². The lowest BCUT2D eigenvalue weighted by atomic mass is 10.0. The van der Waals surface area contributed by atoms with Crippen molar-refractivity contribution in [2.45, 2.75) is 32.9 Å². The predicted octanol–water partition coefficient (Wildman–Crippen LogP) is 0.305. The van der Waals surface area contributed by atoms with Gasteiger partial charge >= 0.3 is 11.7 Å². The highest BCUT2D eigenvalue weighted by Crippen LogP contribution is 2.07. The highest BCUT2D eigenvalue weighted by molar-refractivity contribution is 5.84. The van der Waals surface area contributed by atoms with Crippen LogP contribution in [0.2, 0.25) is 0 Å². The number of amides is 1. The quantitative estimate of drug-likeness (QED) is 0.702. The fraction of sp³-hybridized carbons (Fsp3) is 0.375. The summed E-state index contributed by atoms with van der Waals surface area (Å²) in [7, 11) is 0. The summed E-state index contributed by atoms with van der Waals surface area (Å²) in [6, 6.07) is 5.60. The summed E-state index contributed by atoms with van der Waals surface area (Å²) in [6.07, 6.45) is -0.0769. The van der Waals surface area contributed by atoms with Crippen LogP contribution in [0.25, 0.3) is 10.9 Å². The lowest BCUT2D eigenvalue weighted by molar-refractivity contribution is -0.143. The number of hydrogen-bond acceptors (Lipinski definition) is 4. The fourth-order valence-corrected chi connectivity index (χ4v) is 2.44. The van der Waals surface area contributed by atoms with Gasteiger partial charge in [0.25, 0.3) is 5.56 Å². The van der Waals surface area contributed by atoms with Crippen molar-refractivity contribution in [3.05, 3.63) is 45.1 Å². The van der Waals surface area contributed by atoms with Crippen molar-refractivity contribution in [3.63, 3.8) is 0 Å². The molecule has 8 nitrogen and oxygen atoms in total. The third-order valence-electron chi connectivity index (χ3n) is 3.72. The molecule has 128 valence electrons. The minimum absolute atomic E-state index is 0.0341. The Morgan fingerprint density at radius 3 is 2.54 bits per heavy atom. The van der Waals surface area contributed by atoms with E-state index in [1.54, 1.807) is 38.1 Å². The van der Waals surface area contributed by atoms with E-state index in [4.69, 9.17) is 5.11 Å². The van der Waals surface area contributed by atoms with Crippen molar-refractivity contribution in [1.29, 1.82) is 0 Å². The van der Waals surface area contributed by atoms with E-state index >= 15 is 0 Å². The van der Waals surface area contributed by atoms with Gasteiger partial charge in [0.2, 0.25) is 5.91 Å². The summed E-state index contributed by atoms with van der Waals surface area (Å²) in [4.78, 5) is 49.1. The van der Waals surface area contributed by atoms with Gasteiger partial charge in [-0.2, -0.15) is 0 Å². The summed E-state index contributed by atoms with van der Waals surface area (Å²) < 4.78 is 1.29. The minimum atomic E-state index is -1.11. The SMILES string of the molecule is CC(C)[C@@H](NC(=O)CCn1c(=O)[nH]c(=O)c2ccccc21)C(=O)O. The first-order valence-corrected chi connectivity index (χ1v) is 7.55. The van der Waals surface area contributed by atoms with Crippen molar-refractivity contribution >= 4 is 22.8 Å². The highest BCUT2D eigenvalue weighted by Gasteiger charge is 2.23. The second kappa shape index (κ2) is 7.12. The number of aromatic amines is 1. The van der Waals surface area contributed by atoms with Crippen molar-refractivity contribution in [3.8, 4) is 0 Å². The Morgan fingerprint density at radius 1 is 1.25 bits per heavy atom. The molecule has 1 atom stereocenters. The van der Waals surface area contributed by atoms with E-state index in [0.29, 0.717) is 10.9 Å². The zero-order valence-electron chi connectivity index (χ0n) is 13.4. The second-order valence-electron chi connectivity index (χ2n) is 5.81. The van der Waals surface area contributed by atoms with Crippen LogP contribution in [0, 0.1) is 5.92 Å². The Labute approximate surface area is 137 Å². The van der Waals surface area contributed by atoms with E-state index in [1.165, 1.54) is 4.57 Å². The Balaban J connectivity index is 2.20. The van der Waals surface area contributed by atoms with Gasteiger partial charge in [0.1, 0.15) is 6.04 Å². The van der Waals surface area contributed by atoms with E-state index < -0.39 is 29.2 Å². The van der Waals surface area contributed by atoms with Crippen LogP contribution in [0.1, 0.15) is 20.3 Å². The van der Waals surface area contributed by atoms with Crippen molar-refractivity contribution in [2.24, 2.45) is 5.92 Å². The van der Waals surface area contributed by atoms with Gasteiger partial charge in [-0.1, -0.05) is 26.0 Å². The molecule has 8 heteroatoms. The molecular formula is C16H19N3O5. The molecule has 3 N–H and O–H groups in total. The monoisotopic (exact) mass is 333 g/mol. The number of carbonyl (C=O) groups is 2. The molecule has 2 rings (SSSR count). The number of aromatic nitrogens is 2. The first-order chi connectivity index (χ1) is 11.3. The number of fused-ring (bicyclic) bond motifs is 1. The van der Waals surface area contributed by atoms with E-state index in [1.807, 2.05) is 0 Å². The van der Waals surface area contributed by atoms with Crippen LogP contribution in [0.4, 0.5) is 0 Å². The van der Waals surface area contributed by atoms with Crippen LogP contribution in [-0.2, 0) is 16.1 Å². The van der Waals surface area contributed by atoms with Crippen molar-refractivity contribution in [1.82, 2.24) is 14.9 Å². The normalized spacial score (nSPS) is 12.3. The maximum Gasteiger partial charge on any atom is 0.328 e. The largest absolute Gasteiger partial charge is 0.480 e. The molecule has 0 bridgehead atoms. The number of aryl methyl sites for hydroxylation is 1. The molecule has 0 spiro atoms. The summed E-state index contributed by atoms with van der Waals surface area (Å²) in [5.41, 5.74) is -0.662. The Hall–Kier alpha value is -2.90. The second-order valence-corrected chi connectivity index (χ2v) is 5.81. The molecule has 0 radical (unpaired) electrons. The van der Waals surface area contributed by atoms with Crippen LogP contribution in [0.15, 0.2) is 33.9 Å². The van der Waals surface area contributed by atoms with Gasteiger partial charge in [-0.3, -0.25) is 19.1 Å². The molecular weight excluding hydrogens is 314 g/mol. The molecule has 1 heterocycles. The number of nitrogens with zero attached hydrogens (tertiary/aromatic N) is 1. The number of benzene rings is 1. The molecule has 0 saturated carbocycles. The highest BCUT2D eigenvalue weighted by atomic mass is 16.4. The van der Waals surface area contributed by atoms with Crippen molar-refractivity contribution in [2.75, 3.05) is 0 Å². The fourth-order valence-electron chi connectivity index (χ4n) is 2.44. The number of rotatable bonds is 6. The van der Waals surface area contributed by atoms with Gasteiger partial charge in [-0.05, 0) is 18.1 Å². The third-order valence-corrected chi connectivity index (χ3v) is 3.72. The number of para-hydroxylation sites is 1. The molecule has 24 heavy (non-hydrogen) atoms. The molecule has 0 aliphatic rings. The predicted molar refractivity (Wildman–Crippen MR) is 87.9 cm³/mol. The van der Waals surface area contributed by atoms with Crippen LogP contribution < -0.4 is 16.6 Å². The smallest absolute Gasteiger partial charge is 0.328 e. The average Bonchev–Trinajstić information content (AvgIpc) is 2.51. The molecule has 0 saturated heterocycles. The summed E-state index contributed by atoms with van der Waals surface area (Å²) in [5, 5.41) is 11.9. The van der Waals surface area contributed by atoms with Crippen LogP contribution in [-0.4, -0.2) is 32.6 Å². The number of carbonyl (C=O) groups excluding carboxylic acids is 1. The van der Waals surface area contributed by atoms with E-state index in [9.17, 15) is 19.2 Å². The van der Waals surface area contributed by atoms with Gasteiger partial charge in [-0.25, -0.2) is 9.59 Å². The van der Waals surface area contributed by atoms with Gasteiger partial charge in [0.05, 0.1) is 10.9 Å². The van der Waals surface area contributed by atoms with Crippen LogP contribution in [0.3, 0.4) is 0 Å². The molecule has 0 fully saturated rings. The van der Waals surface area contributed by atoms with Crippen LogP contribution >= 0.6 is 0 Å². The van der Waals surface area contributed by atoms with Crippen LogP contribution in [0.5, 0.6) is 0 Å². The maximum absolute atomic E-state index is 12.0. The van der Waals surface area contributed by atoms with Crippen molar-refractivity contribution < 1.29 is 14.7 Å². The number of nitrogens with one attached hydrogen (secondary N) is 2. The number of aliphatic carboxylic acids is 1. The number of carboxylic acid groups (broad SMARTS) is 1. The Kier molecular flexibility index (Phi) is 5.18. The zero-order chi connectivity index (χ0) is 17.9. The minimum Gasteiger partial charge on any atom is -0.480 e. The third kappa shape index (κ3) is 3.70. The van der Waals surface area contributed by atoms with Gasteiger partial charge in [0, 0.05) is 13.0 Å². The average molecular weight is 333 g/mol. The first kappa shape index (κ1) is 17.5. The van der Waals surface area contributed by atoms with E-state index in [0.717, 1.165) is 0 Å². The molecule has 0 aliphatic carbocycles. The Bertz CT molecular complexity index is 881. The number of hydrogen-bond donors (Lipinski definition) is 3. The van der Waals surface area contributed by atoms with E-state index in [2.05, 4.69) is 10.3 Å². The van der Waals surface area contributed by atoms with Gasteiger partial charge in [0.15, 0.2) is 0 Å². The maximum atomic E-state index is 12.0. The lowest BCUT2D eigenvalue weighted by Gasteiger charge is -2.18. The Morgan fingerprint density at radius 2 is 1.92 bits per heavy atom. The number of carboxylic acids is 1. The van der Waals surface area contributed by atoms with E-state index in [-0.39, 0.29) is 18.9 Å². The molecule has 1 aromatic heterocycles. The lowest BCUT2D eigenvalue weighted by Crippen LogP contribution is -2.44. The molecule has 1 amide bonds. The standard InChI is InChI=1S/C16H19N3O5/c1-9(2)13(15(22)23)17-12(20)7-8-19-11-6-4-3-5-10(11)14(21)18-16(19)24/h3-6,9,13H,7-8H2,1-2H3,(H,17,20)(H,22,23)(H,18,21,24)/t13-/m1/s1. The summed E-state index contributed by atoms with van der Waals surface area (Å²) in [5.74, 6) is -1.84. The summed E-state index contributed by atoms with van der Waals surface area (Å²) in [6.45, 7) is 3.42. The topological polar surface area (TPSA) is 121 Å².